The Hall–Kier alpha value is -2.33. The maximum Gasteiger partial charge on any atom is 0.338 e. The van der Waals surface area contributed by atoms with Crippen LogP contribution in [-0.4, -0.2) is 22.6 Å². The summed E-state index contributed by atoms with van der Waals surface area (Å²) in [5.74, 6) is -0.426. The molecule has 0 saturated heterocycles. The number of fused-ring (bicyclic) bond motifs is 1. The first kappa shape index (κ1) is 12.7. The van der Waals surface area contributed by atoms with Crippen LogP contribution in [0.2, 0.25) is 5.15 Å². The quantitative estimate of drug-likeness (QED) is 0.535. The number of esters is 1. The molecule has 0 bridgehead atoms. The standard InChI is InChI=1S/C15H11ClN2O2/c1-20-15(19)12-9-13(16)17-14-11(12)7-8-18(14)10-5-3-2-4-6-10/h2-9H,1H3. The first-order valence-electron chi connectivity index (χ1n) is 6.02. The van der Waals surface area contributed by atoms with Gasteiger partial charge in [0.25, 0.3) is 0 Å². The first-order valence-corrected chi connectivity index (χ1v) is 6.40. The molecule has 0 aliphatic rings. The molecule has 2 heterocycles. The normalized spacial score (nSPS) is 10.7. The summed E-state index contributed by atoms with van der Waals surface area (Å²) < 4.78 is 6.66. The molecule has 0 spiro atoms. The molecule has 0 fully saturated rings. The number of nitrogens with zero attached hydrogens (tertiary/aromatic N) is 2. The Bertz CT molecular complexity index is 781. The number of para-hydroxylation sites is 1. The van der Waals surface area contributed by atoms with Gasteiger partial charge >= 0.3 is 5.97 Å². The van der Waals surface area contributed by atoms with Crippen molar-refractivity contribution in [3.05, 3.63) is 59.4 Å². The van der Waals surface area contributed by atoms with Crippen molar-refractivity contribution in [1.82, 2.24) is 9.55 Å². The molecule has 0 N–H and O–H groups in total. The van der Waals surface area contributed by atoms with Crippen molar-refractivity contribution >= 4 is 28.6 Å². The Labute approximate surface area is 120 Å². The van der Waals surface area contributed by atoms with Crippen LogP contribution in [0.3, 0.4) is 0 Å². The predicted octanol–water partition coefficient (Wildman–Crippen LogP) is 3.47. The summed E-state index contributed by atoms with van der Waals surface area (Å²) in [4.78, 5) is 16.1. The smallest absolute Gasteiger partial charge is 0.338 e. The van der Waals surface area contributed by atoms with Gasteiger partial charge < -0.3 is 9.30 Å². The number of halogens is 1. The molecular formula is C15H11ClN2O2. The van der Waals surface area contributed by atoms with E-state index < -0.39 is 5.97 Å². The number of rotatable bonds is 2. The number of methoxy groups -OCH3 is 1. The van der Waals surface area contributed by atoms with E-state index in [9.17, 15) is 4.79 Å². The maximum absolute atomic E-state index is 11.8. The Balaban J connectivity index is 2.28. The minimum atomic E-state index is -0.426. The van der Waals surface area contributed by atoms with Gasteiger partial charge in [0.05, 0.1) is 12.7 Å². The van der Waals surface area contributed by atoms with E-state index in [-0.39, 0.29) is 5.15 Å². The summed E-state index contributed by atoms with van der Waals surface area (Å²) in [6.45, 7) is 0. The van der Waals surface area contributed by atoms with E-state index in [1.165, 1.54) is 13.2 Å². The first-order chi connectivity index (χ1) is 9.70. The van der Waals surface area contributed by atoms with E-state index in [4.69, 9.17) is 16.3 Å². The second kappa shape index (κ2) is 4.98. The van der Waals surface area contributed by atoms with Gasteiger partial charge in [0.1, 0.15) is 10.8 Å². The van der Waals surface area contributed by atoms with Crippen LogP contribution >= 0.6 is 11.6 Å². The summed E-state index contributed by atoms with van der Waals surface area (Å²) in [6.07, 6.45) is 1.86. The van der Waals surface area contributed by atoms with E-state index in [1.807, 2.05) is 47.2 Å². The molecule has 0 radical (unpaired) electrons. The van der Waals surface area contributed by atoms with E-state index in [0.717, 1.165) is 5.69 Å². The molecule has 0 saturated carbocycles. The van der Waals surface area contributed by atoms with Crippen molar-refractivity contribution in [3.63, 3.8) is 0 Å². The van der Waals surface area contributed by atoms with Gasteiger partial charge in [-0.15, -0.1) is 0 Å². The van der Waals surface area contributed by atoms with Crippen LogP contribution in [0, 0.1) is 0 Å². The molecule has 1 aromatic carbocycles. The van der Waals surface area contributed by atoms with Crippen LogP contribution < -0.4 is 0 Å². The second-order valence-corrected chi connectivity index (χ2v) is 4.63. The fourth-order valence-corrected chi connectivity index (χ4v) is 2.34. The highest BCUT2D eigenvalue weighted by Crippen LogP contribution is 2.25. The molecule has 0 amide bonds. The van der Waals surface area contributed by atoms with E-state index in [2.05, 4.69) is 4.98 Å². The van der Waals surface area contributed by atoms with Crippen LogP contribution in [-0.2, 0) is 4.74 Å². The number of aromatic nitrogens is 2. The monoisotopic (exact) mass is 286 g/mol. The molecule has 0 aliphatic carbocycles. The van der Waals surface area contributed by atoms with Crippen molar-refractivity contribution in [3.8, 4) is 5.69 Å². The Morgan fingerprint density at radius 1 is 1.25 bits per heavy atom. The minimum absolute atomic E-state index is 0.258. The second-order valence-electron chi connectivity index (χ2n) is 4.24. The topological polar surface area (TPSA) is 44.1 Å². The molecule has 5 heteroatoms. The number of hydrogen-bond acceptors (Lipinski definition) is 3. The molecule has 100 valence electrons. The van der Waals surface area contributed by atoms with Crippen molar-refractivity contribution in [1.29, 1.82) is 0 Å². The summed E-state index contributed by atoms with van der Waals surface area (Å²) in [5, 5.41) is 0.971. The lowest BCUT2D eigenvalue weighted by Crippen LogP contribution is -2.03. The lowest BCUT2D eigenvalue weighted by Gasteiger charge is -2.06. The Morgan fingerprint density at radius 2 is 2.00 bits per heavy atom. The average Bonchev–Trinajstić information content (AvgIpc) is 2.90. The number of carbonyl (C=O) groups excluding carboxylic acids is 1. The Morgan fingerprint density at radius 3 is 2.70 bits per heavy atom. The summed E-state index contributed by atoms with van der Waals surface area (Å²) in [7, 11) is 1.34. The molecule has 3 rings (SSSR count). The van der Waals surface area contributed by atoms with Gasteiger partial charge in [-0.05, 0) is 24.3 Å². The number of hydrogen-bond donors (Lipinski definition) is 0. The SMILES string of the molecule is COC(=O)c1cc(Cl)nc2c1ccn2-c1ccccc1. The van der Waals surface area contributed by atoms with Crippen molar-refractivity contribution < 1.29 is 9.53 Å². The van der Waals surface area contributed by atoms with Crippen LogP contribution in [0.4, 0.5) is 0 Å². The fraction of sp³-hybridized carbons (Fsp3) is 0.0667. The van der Waals surface area contributed by atoms with Crippen LogP contribution in [0.5, 0.6) is 0 Å². The fourth-order valence-electron chi connectivity index (χ4n) is 2.15. The largest absolute Gasteiger partial charge is 0.465 e. The van der Waals surface area contributed by atoms with Crippen molar-refractivity contribution in [2.45, 2.75) is 0 Å². The van der Waals surface area contributed by atoms with Gasteiger partial charge in [0, 0.05) is 17.3 Å². The Kier molecular flexibility index (Phi) is 3.16. The van der Waals surface area contributed by atoms with Gasteiger partial charge in [-0.25, -0.2) is 9.78 Å². The number of carbonyl (C=O) groups is 1. The van der Waals surface area contributed by atoms with Crippen LogP contribution in [0.1, 0.15) is 10.4 Å². The van der Waals surface area contributed by atoms with Crippen molar-refractivity contribution in [2.75, 3.05) is 7.11 Å². The van der Waals surface area contributed by atoms with E-state index in [1.54, 1.807) is 0 Å². The molecule has 0 aliphatic heterocycles. The summed E-state index contributed by atoms with van der Waals surface area (Å²) in [6, 6.07) is 13.1. The van der Waals surface area contributed by atoms with Crippen molar-refractivity contribution in [2.24, 2.45) is 0 Å². The third-order valence-corrected chi connectivity index (χ3v) is 3.26. The lowest BCUT2D eigenvalue weighted by molar-refractivity contribution is 0.0603. The molecule has 0 unspecified atom stereocenters. The molecule has 3 aromatic rings. The molecule has 20 heavy (non-hydrogen) atoms. The highest BCUT2D eigenvalue weighted by atomic mass is 35.5. The predicted molar refractivity (Wildman–Crippen MR) is 77.4 cm³/mol. The van der Waals surface area contributed by atoms with Crippen LogP contribution in [0.25, 0.3) is 16.7 Å². The number of benzene rings is 1. The van der Waals surface area contributed by atoms with Gasteiger partial charge in [-0.2, -0.15) is 0 Å². The zero-order valence-corrected chi connectivity index (χ0v) is 11.5. The summed E-state index contributed by atoms with van der Waals surface area (Å²) in [5.41, 5.74) is 1.99. The number of ether oxygens (including phenoxy) is 1. The highest BCUT2D eigenvalue weighted by Gasteiger charge is 2.16. The van der Waals surface area contributed by atoms with Gasteiger partial charge in [0.2, 0.25) is 0 Å². The van der Waals surface area contributed by atoms with E-state index >= 15 is 0 Å². The lowest BCUT2D eigenvalue weighted by atomic mass is 10.2. The van der Waals surface area contributed by atoms with E-state index in [0.29, 0.717) is 16.6 Å². The molecule has 2 aromatic heterocycles. The maximum atomic E-state index is 11.8. The minimum Gasteiger partial charge on any atom is -0.465 e. The van der Waals surface area contributed by atoms with Gasteiger partial charge in [0.15, 0.2) is 0 Å². The third kappa shape index (κ3) is 2.04. The zero-order valence-electron chi connectivity index (χ0n) is 10.7. The molecular weight excluding hydrogens is 276 g/mol. The zero-order chi connectivity index (χ0) is 14.1. The molecule has 0 atom stereocenters. The van der Waals surface area contributed by atoms with Gasteiger partial charge in [-0.3, -0.25) is 0 Å². The summed E-state index contributed by atoms with van der Waals surface area (Å²) >= 11 is 6.01. The molecule has 4 nitrogen and oxygen atoms in total. The van der Waals surface area contributed by atoms with Crippen LogP contribution in [0.15, 0.2) is 48.7 Å². The number of pyridine rings is 1. The highest BCUT2D eigenvalue weighted by molar-refractivity contribution is 6.30. The van der Waals surface area contributed by atoms with Gasteiger partial charge in [-0.1, -0.05) is 29.8 Å². The third-order valence-electron chi connectivity index (χ3n) is 3.07. The average molecular weight is 287 g/mol.